The fourth-order valence-electron chi connectivity index (χ4n) is 3.23. The molecule has 4 N–H and O–H groups in total. The molecule has 0 aromatic heterocycles. The Morgan fingerprint density at radius 1 is 1.12 bits per heavy atom. The van der Waals surface area contributed by atoms with E-state index in [1.54, 1.807) is 0 Å². The molecule has 0 radical (unpaired) electrons. The number of rotatable bonds is 5. The number of allylic oxidation sites excluding steroid dienone is 1. The summed E-state index contributed by atoms with van der Waals surface area (Å²) in [7, 11) is 0. The average Bonchev–Trinajstić information content (AvgIpc) is 3.53. The molecule has 0 amide bonds. The quantitative estimate of drug-likeness (QED) is 0.570. The molecule has 2 heterocycles. The Hall–Kier alpha value is -3.21. The van der Waals surface area contributed by atoms with Crippen LogP contribution < -0.4 is 15.8 Å². The van der Waals surface area contributed by atoms with E-state index in [0.717, 1.165) is 34.9 Å². The molecule has 4 rings (SSSR count). The summed E-state index contributed by atoms with van der Waals surface area (Å²) >= 11 is 0. The second-order valence-corrected chi connectivity index (χ2v) is 6.41. The molecule has 5 nitrogen and oxygen atoms in total. The Labute approximate surface area is 152 Å². The summed E-state index contributed by atoms with van der Waals surface area (Å²) in [5, 5.41) is 10.9. The number of fused-ring (bicyclic) bond motifs is 1. The van der Waals surface area contributed by atoms with Gasteiger partial charge in [-0.2, -0.15) is 0 Å². The highest BCUT2D eigenvalue weighted by Crippen LogP contribution is 2.35. The maximum absolute atomic E-state index is 7.40. The van der Waals surface area contributed by atoms with Crippen LogP contribution in [0.1, 0.15) is 11.1 Å². The number of epoxide rings is 1. The monoisotopic (exact) mass is 347 g/mol. The number of hydrogen-bond acceptors (Lipinski definition) is 5. The maximum atomic E-state index is 7.40. The molecule has 1 saturated heterocycles. The van der Waals surface area contributed by atoms with E-state index in [1.165, 1.54) is 18.0 Å². The van der Waals surface area contributed by atoms with Crippen molar-refractivity contribution >= 4 is 17.5 Å². The highest BCUT2D eigenvalue weighted by molar-refractivity contribution is 6.08. The molecule has 0 bridgehead atoms. The van der Waals surface area contributed by atoms with Crippen LogP contribution in [0.3, 0.4) is 0 Å². The summed E-state index contributed by atoms with van der Waals surface area (Å²) in [6, 6.07) is 16.1. The van der Waals surface area contributed by atoms with E-state index in [2.05, 4.69) is 11.4 Å². The number of ether oxygens (including phenoxy) is 2. The van der Waals surface area contributed by atoms with Gasteiger partial charge in [-0.25, -0.2) is 0 Å². The molecule has 26 heavy (non-hydrogen) atoms. The van der Waals surface area contributed by atoms with E-state index in [0.29, 0.717) is 18.8 Å². The van der Waals surface area contributed by atoms with Gasteiger partial charge in [-0.1, -0.05) is 30.3 Å². The van der Waals surface area contributed by atoms with Crippen molar-refractivity contribution < 1.29 is 9.47 Å². The number of hydrogen-bond donors (Lipinski definition) is 3. The number of nitrogens with one attached hydrogen (secondary N) is 2. The fraction of sp³-hybridized carbons (Fsp3) is 0.190. The van der Waals surface area contributed by atoms with E-state index in [9.17, 15) is 0 Å². The number of nitrogens with two attached hydrogens (primary N) is 1. The SMILES string of the molecule is N=C/C(=C\N)c1ccc(NC(=C2CO2)C2COc3ccccc3C2)cc1. The van der Waals surface area contributed by atoms with Crippen LogP contribution in [0.2, 0.25) is 0 Å². The molecule has 132 valence electrons. The molecule has 0 spiro atoms. The van der Waals surface area contributed by atoms with Crippen LogP contribution in [0.25, 0.3) is 5.57 Å². The molecule has 1 atom stereocenters. The molecule has 2 aliphatic rings. The first-order chi connectivity index (χ1) is 12.8. The summed E-state index contributed by atoms with van der Waals surface area (Å²) < 4.78 is 11.4. The van der Waals surface area contributed by atoms with Gasteiger partial charge in [-0.3, -0.25) is 0 Å². The van der Waals surface area contributed by atoms with Gasteiger partial charge in [-0.15, -0.1) is 0 Å². The van der Waals surface area contributed by atoms with Crippen molar-refractivity contribution in [2.24, 2.45) is 11.7 Å². The minimum Gasteiger partial charge on any atom is -0.493 e. The standard InChI is InChI=1S/C21H21N3O2/c22-10-17(11-23)14-5-7-18(8-6-14)24-21(20-13-26-20)16-9-15-3-1-2-4-19(15)25-12-16/h1-8,10-11,16,22,24H,9,12-13,23H2/b17-11+,21-20?,22-10?. The Bertz CT molecular complexity index is 878. The van der Waals surface area contributed by atoms with Crippen molar-refractivity contribution in [3.05, 3.63) is 77.3 Å². The third kappa shape index (κ3) is 3.28. The zero-order valence-electron chi connectivity index (χ0n) is 14.4. The Kier molecular flexibility index (Phi) is 4.35. The predicted octanol–water partition coefficient (Wildman–Crippen LogP) is 3.54. The number of benzene rings is 2. The van der Waals surface area contributed by atoms with Crippen LogP contribution in [-0.4, -0.2) is 19.4 Å². The van der Waals surface area contributed by atoms with Gasteiger partial charge in [-0.05, 0) is 35.7 Å². The van der Waals surface area contributed by atoms with Gasteiger partial charge >= 0.3 is 0 Å². The van der Waals surface area contributed by atoms with Crippen LogP contribution in [0.4, 0.5) is 5.69 Å². The van der Waals surface area contributed by atoms with Gasteiger partial charge in [0.1, 0.15) is 12.4 Å². The van der Waals surface area contributed by atoms with Crippen molar-refractivity contribution in [2.45, 2.75) is 6.42 Å². The van der Waals surface area contributed by atoms with Gasteiger partial charge < -0.3 is 25.9 Å². The molecular weight excluding hydrogens is 326 g/mol. The molecule has 1 unspecified atom stereocenters. The van der Waals surface area contributed by atoms with Gasteiger partial charge in [0.15, 0.2) is 5.76 Å². The van der Waals surface area contributed by atoms with Crippen molar-refractivity contribution in [2.75, 3.05) is 18.5 Å². The van der Waals surface area contributed by atoms with Crippen LogP contribution in [0.15, 0.2) is 66.2 Å². The van der Waals surface area contributed by atoms with Crippen molar-refractivity contribution in [3.63, 3.8) is 0 Å². The normalized spacial score (nSPS) is 20.3. The zero-order valence-corrected chi connectivity index (χ0v) is 14.4. The number of para-hydroxylation sites is 1. The Morgan fingerprint density at radius 3 is 2.58 bits per heavy atom. The summed E-state index contributed by atoms with van der Waals surface area (Å²) in [6.07, 6.45) is 3.62. The van der Waals surface area contributed by atoms with E-state index in [1.807, 2.05) is 42.5 Å². The number of anilines is 1. The van der Waals surface area contributed by atoms with Gasteiger partial charge in [0, 0.05) is 29.6 Å². The van der Waals surface area contributed by atoms with E-state index in [-0.39, 0.29) is 5.92 Å². The zero-order chi connectivity index (χ0) is 17.9. The summed E-state index contributed by atoms with van der Waals surface area (Å²) in [5.41, 5.74) is 10.5. The van der Waals surface area contributed by atoms with Crippen molar-refractivity contribution in [1.82, 2.24) is 0 Å². The third-order valence-corrected chi connectivity index (χ3v) is 4.71. The first-order valence-corrected chi connectivity index (χ1v) is 8.65. The average molecular weight is 347 g/mol. The second kappa shape index (κ2) is 6.96. The molecule has 5 heteroatoms. The first kappa shape index (κ1) is 16.3. The predicted molar refractivity (Wildman–Crippen MR) is 103 cm³/mol. The van der Waals surface area contributed by atoms with Crippen molar-refractivity contribution in [3.8, 4) is 5.75 Å². The highest BCUT2D eigenvalue weighted by Gasteiger charge is 2.30. The lowest BCUT2D eigenvalue weighted by atomic mass is 9.93. The van der Waals surface area contributed by atoms with E-state index < -0.39 is 0 Å². The lowest BCUT2D eigenvalue weighted by Gasteiger charge is -2.27. The summed E-state index contributed by atoms with van der Waals surface area (Å²) in [4.78, 5) is 0. The lowest BCUT2D eigenvalue weighted by molar-refractivity contribution is 0.242. The Balaban J connectivity index is 1.53. The summed E-state index contributed by atoms with van der Waals surface area (Å²) in [5.74, 6) is 2.22. The van der Waals surface area contributed by atoms with E-state index in [4.69, 9.17) is 20.6 Å². The molecule has 2 aromatic carbocycles. The minimum atomic E-state index is 0.239. The van der Waals surface area contributed by atoms with Gasteiger partial charge in [0.2, 0.25) is 0 Å². The van der Waals surface area contributed by atoms with Crippen LogP contribution in [0.5, 0.6) is 5.75 Å². The largest absolute Gasteiger partial charge is 0.493 e. The first-order valence-electron chi connectivity index (χ1n) is 8.65. The smallest absolute Gasteiger partial charge is 0.154 e. The molecule has 2 aliphatic heterocycles. The molecular formula is C21H21N3O2. The van der Waals surface area contributed by atoms with E-state index >= 15 is 0 Å². The lowest BCUT2D eigenvalue weighted by Crippen LogP contribution is -2.26. The second-order valence-electron chi connectivity index (χ2n) is 6.41. The summed E-state index contributed by atoms with van der Waals surface area (Å²) in [6.45, 7) is 1.31. The fourth-order valence-corrected chi connectivity index (χ4v) is 3.23. The molecule has 0 aliphatic carbocycles. The van der Waals surface area contributed by atoms with Crippen LogP contribution in [-0.2, 0) is 11.2 Å². The minimum absolute atomic E-state index is 0.239. The maximum Gasteiger partial charge on any atom is 0.154 e. The third-order valence-electron chi connectivity index (χ3n) is 4.71. The van der Waals surface area contributed by atoms with Gasteiger partial charge in [0.25, 0.3) is 0 Å². The van der Waals surface area contributed by atoms with Gasteiger partial charge in [0.05, 0.1) is 12.3 Å². The van der Waals surface area contributed by atoms with Crippen LogP contribution in [0, 0.1) is 11.3 Å². The molecule has 2 aromatic rings. The Morgan fingerprint density at radius 2 is 1.88 bits per heavy atom. The molecule has 1 fully saturated rings. The topological polar surface area (TPSA) is 83.7 Å². The van der Waals surface area contributed by atoms with Crippen molar-refractivity contribution in [1.29, 1.82) is 5.41 Å². The highest BCUT2D eigenvalue weighted by atomic mass is 16.6. The molecule has 0 saturated carbocycles. The van der Waals surface area contributed by atoms with Crippen LogP contribution >= 0.6 is 0 Å².